The molecule has 0 aromatic rings. The zero-order valence-corrected chi connectivity index (χ0v) is 10.7. The van der Waals surface area contributed by atoms with Crippen molar-refractivity contribution in [2.45, 2.75) is 53.5 Å². The summed E-state index contributed by atoms with van der Waals surface area (Å²) in [6.07, 6.45) is 2.00. The van der Waals surface area contributed by atoms with Crippen LogP contribution in [0, 0.1) is 5.41 Å². The summed E-state index contributed by atoms with van der Waals surface area (Å²) < 4.78 is 0. The van der Waals surface area contributed by atoms with E-state index in [0.717, 1.165) is 25.9 Å². The minimum Gasteiger partial charge on any atom is -0.480 e. The van der Waals surface area contributed by atoms with E-state index in [0.29, 0.717) is 0 Å². The van der Waals surface area contributed by atoms with Crippen molar-refractivity contribution in [2.24, 2.45) is 5.41 Å². The Bertz CT molecular complexity index is 190. The average Bonchev–Trinajstić information content (AvgIpc) is 2.01. The van der Waals surface area contributed by atoms with Crippen LogP contribution in [0.3, 0.4) is 0 Å². The molecule has 0 aliphatic carbocycles. The Morgan fingerprint density at radius 3 is 1.80 bits per heavy atom. The first-order valence-electron chi connectivity index (χ1n) is 5.81. The maximum atomic E-state index is 11.3. The van der Waals surface area contributed by atoms with E-state index in [2.05, 4.69) is 18.7 Å². The second-order valence-electron chi connectivity index (χ2n) is 5.14. The van der Waals surface area contributed by atoms with Crippen LogP contribution in [0.4, 0.5) is 0 Å². The van der Waals surface area contributed by atoms with Crippen LogP contribution in [0.25, 0.3) is 0 Å². The number of rotatable bonds is 6. The van der Waals surface area contributed by atoms with Crippen molar-refractivity contribution in [2.75, 3.05) is 13.1 Å². The van der Waals surface area contributed by atoms with Crippen LogP contribution in [0.15, 0.2) is 0 Å². The molecule has 0 saturated carbocycles. The number of carbonyl (C=O) groups is 1. The van der Waals surface area contributed by atoms with Gasteiger partial charge in [-0.1, -0.05) is 34.6 Å². The molecule has 0 bridgehead atoms. The number of aliphatic carboxylic acids is 1. The van der Waals surface area contributed by atoms with Crippen molar-refractivity contribution in [3.63, 3.8) is 0 Å². The van der Waals surface area contributed by atoms with E-state index >= 15 is 0 Å². The second kappa shape index (κ2) is 6.11. The van der Waals surface area contributed by atoms with Gasteiger partial charge in [0.25, 0.3) is 0 Å². The molecule has 0 radical (unpaired) electrons. The van der Waals surface area contributed by atoms with Crippen molar-refractivity contribution < 1.29 is 9.90 Å². The molecule has 0 aromatic heterocycles. The molecule has 15 heavy (non-hydrogen) atoms. The van der Waals surface area contributed by atoms with Gasteiger partial charge in [0.1, 0.15) is 6.04 Å². The summed E-state index contributed by atoms with van der Waals surface area (Å²) in [5.74, 6) is -0.704. The first kappa shape index (κ1) is 14.4. The topological polar surface area (TPSA) is 40.5 Å². The average molecular weight is 215 g/mol. The minimum absolute atomic E-state index is 0.212. The summed E-state index contributed by atoms with van der Waals surface area (Å²) in [4.78, 5) is 13.4. The Balaban J connectivity index is 4.75. The van der Waals surface area contributed by atoms with Crippen molar-refractivity contribution >= 4 is 5.97 Å². The molecule has 0 heterocycles. The molecule has 1 atom stereocenters. The Morgan fingerprint density at radius 1 is 1.20 bits per heavy atom. The van der Waals surface area contributed by atoms with Crippen LogP contribution in [-0.4, -0.2) is 35.1 Å². The van der Waals surface area contributed by atoms with Crippen LogP contribution in [0.2, 0.25) is 0 Å². The Labute approximate surface area is 93.5 Å². The first-order chi connectivity index (χ1) is 6.84. The predicted octanol–water partition coefficient (Wildman–Crippen LogP) is 2.61. The minimum atomic E-state index is -0.704. The van der Waals surface area contributed by atoms with Gasteiger partial charge in [0.2, 0.25) is 0 Å². The summed E-state index contributed by atoms with van der Waals surface area (Å²) in [6, 6.07) is -0.377. The monoisotopic (exact) mass is 215 g/mol. The molecule has 0 fully saturated rings. The fraction of sp³-hybridized carbons (Fsp3) is 0.917. The molecule has 0 spiro atoms. The summed E-state index contributed by atoms with van der Waals surface area (Å²) in [5.41, 5.74) is -0.212. The smallest absolute Gasteiger partial charge is 0.321 e. The summed E-state index contributed by atoms with van der Waals surface area (Å²) >= 11 is 0. The molecular formula is C12H25NO2. The van der Waals surface area contributed by atoms with Gasteiger partial charge in [0.05, 0.1) is 0 Å². The highest BCUT2D eigenvalue weighted by Gasteiger charge is 2.35. The van der Waals surface area contributed by atoms with E-state index in [1.165, 1.54) is 0 Å². The first-order valence-corrected chi connectivity index (χ1v) is 5.81. The van der Waals surface area contributed by atoms with Gasteiger partial charge in [-0.2, -0.15) is 0 Å². The largest absolute Gasteiger partial charge is 0.480 e. The van der Waals surface area contributed by atoms with Crippen LogP contribution < -0.4 is 0 Å². The maximum absolute atomic E-state index is 11.3. The molecule has 0 unspecified atom stereocenters. The lowest BCUT2D eigenvalue weighted by molar-refractivity contribution is -0.147. The standard InChI is InChI=1S/C12H25NO2/c1-6-8-13(9-7-2)10(11(14)15)12(3,4)5/h10H,6-9H2,1-5H3,(H,14,15)/t10-/m1/s1. The van der Waals surface area contributed by atoms with Crippen molar-refractivity contribution in [1.29, 1.82) is 0 Å². The van der Waals surface area contributed by atoms with E-state index < -0.39 is 5.97 Å². The third-order valence-electron chi connectivity index (χ3n) is 2.44. The van der Waals surface area contributed by atoms with E-state index in [4.69, 9.17) is 0 Å². The lowest BCUT2D eigenvalue weighted by Gasteiger charge is -2.37. The fourth-order valence-corrected chi connectivity index (χ4v) is 2.02. The van der Waals surface area contributed by atoms with Crippen molar-refractivity contribution in [1.82, 2.24) is 4.90 Å². The third-order valence-corrected chi connectivity index (χ3v) is 2.44. The zero-order valence-electron chi connectivity index (χ0n) is 10.7. The number of nitrogens with zero attached hydrogens (tertiary/aromatic N) is 1. The lowest BCUT2D eigenvalue weighted by atomic mass is 9.85. The highest BCUT2D eigenvalue weighted by Crippen LogP contribution is 2.25. The summed E-state index contributed by atoms with van der Waals surface area (Å²) in [6.45, 7) is 11.9. The number of hydrogen-bond donors (Lipinski definition) is 1. The van der Waals surface area contributed by atoms with Crippen molar-refractivity contribution in [3.05, 3.63) is 0 Å². The molecule has 1 N–H and O–H groups in total. The van der Waals surface area contributed by atoms with Crippen LogP contribution in [0.1, 0.15) is 47.5 Å². The highest BCUT2D eigenvalue weighted by atomic mass is 16.4. The van der Waals surface area contributed by atoms with E-state index in [9.17, 15) is 9.90 Å². The quantitative estimate of drug-likeness (QED) is 0.740. The van der Waals surface area contributed by atoms with E-state index in [1.54, 1.807) is 0 Å². The molecule has 0 aliphatic rings. The normalized spacial score (nSPS) is 14.3. The number of carboxylic acids is 1. The lowest BCUT2D eigenvalue weighted by Crippen LogP contribution is -2.49. The molecule has 0 amide bonds. The molecule has 0 saturated heterocycles. The van der Waals surface area contributed by atoms with Gasteiger partial charge >= 0.3 is 5.97 Å². The predicted molar refractivity (Wildman–Crippen MR) is 63.0 cm³/mol. The Kier molecular flexibility index (Phi) is 5.88. The maximum Gasteiger partial charge on any atom is 0.321 e. The van der Waals surface area contributed by atoms with Gasteiger partial charge in [-0.3, -0.25) is 9.69 Å². The number of hydrogen-bond acceptors (Lipinski definition) is 2. The molecule has 3 nitrogen and oxygen atoms in total. The Hall–Kier alpha value is -0.570. The highest BCUT2D eigenvalue weighted by molar-refractivity contribution is 5.74. The van der Waals surface area contributed by atoms with Gasteiger partial charge in [0.15, 0.2) is 0 Å². The molecule has 0 rings (SSSR count). The van der Waals surface area contributed by atoms with E-state index in [-0.39, 0.29) is 11.5 Å². The van der Waals surface area contributed by atoms with Gasteiger partial charge in [0, 0.05) is 0 Å². The molecular weight excluding hydrogens is 190 g/mol. The van der Waals surface area contributed by atoms with Gasteiger partial charge < -0.3 is 5.11 Å². The summed E-state index contributed by atoms with van der Waals surface area (Å²) in [7, 11) is 0. The van der Waals surface area contributed by atoms with Gasteiger partial charge in [-0.05, 0) is 31.3 Å². The SMILES string of the molecule is CCCN(CCC)[C@H](C(=O)O)C(C)(C)C. The number of carboxylic acid groups (broad SMARTS) is 1. The molecule has 90 valence electrons. The molecule has 0 aliphatic heterocycles. The van der Waals surface area contributed by atoms with Gasteiger partial charge in [-0.15, -0.1) is 0 Å². The van der Waals surface area contributed by atoms with Gasteiger partial charge in [-0.25, -0.2) is 0 Å². The second-order valence-corrected chi connectivity index (χ2v) is 5.14. The zero-order chi connectivity index (χ0) is 12.1. The van der Waals surface area contributed by atoms with Crippen LogP contribution in [-0.2, 0) is 4.79 Å². The summed E-state index contributed by atoms with van der Waals surface area (Å²) in [5, 5.41) is 9.29. The molecule has 0 aromatic carbocycles. The van der Waals surface area contributed by atoms with E-state index in [1.807, 2.05) is 20.8 Å². The Morgan fingerprint density at radius 2 is 1.60 bits per heavy atom. The van der Waals surface area contributed by atoms with Crippen molar-refractivity contribution in [3.8, 4) is 0 Å². The fourth-order valence-electron chi connectivity index (χ4n) is 2.02. The van der Waals surface area contributed by atoms with Crippen LogP contribution in [0.5, 0.6) is 0 Å². The molecule has 3 heteroatoms. The van der Waals surface area contributed by atoms with Crippen LogP contribution >= 0.6 is 0 Å². The third kappa shape index (κ3) is 4.65.